The largest absolute Gasteiger partial charge is 0.378 e. The van der Waals surface area contributed by atoms with Crippen molar-refractivity contribution in [3.63, 3.8) is 0 Å². The number of carbonyl (C=O) groups is 1. The van der Waals surface area contributed by atoms with Crippen molar-refractivity contribution < 1.29 is 9.53 Å². The minimum atomic E-state index is 0.0553. The van der Waals surface area contributed by atoms with Crippen LogP contribution in [-0.2, 0) is 4.74 Å². The van der Waals surface area contributed by atoms with E-state index in [-0.39, 0.29) is 5.91 Å². The number of carbonyl (C=O) groups excluding carboxylic acids is 1. The van der Waals surface area contributed by atoms with Crippen LogP contribution in [0.4, 0.5) is 0 Å². The maximum atomic E-state index is 12.6. The first-order valence-corrected chi connectivity index (χ1v) is 9.66. The van der Waals surface area contributed by atoms with E-state index in [1.54, 1.807) is 4.90 Å². The fourth-order valence-electron chi connectivity index (χ4n) is 3.53. The van der Waals surface area contributed by atoms with Gasteiger partial charge in [-0.2, -0.15) is 0 Å². The average molecular weight is 372 g/mol. The molecule has 1 aliphatic rings. The van der Waals surface area contributed by atoms with Crippen LogP contribution >= 0.6 is 11.6 Å². The molecule has 4 heteroatoms. The van der Waals surface area contributed by atoms with E-state index < -0.39 is 0 Å². The number of benzene rings is 2. The Bertz CT molecular complexity index is 731. The third-order valence-corrected chi connectivity index (χ3v) is 5.35. The second-order valence-corrected chi connectivity index (χ2v) is 7.42. The van der Waals surface area contributed by atoms with Crippen LogP contribution in [-0.4, -0.2) is 37.1 Å². The zero-order valence-corrected chi connectivity index (χ0v) is 16.3. The third kappa shape index (κ3) is 4.46. The molecule has 0 bridgehead atoms. The molecule has 0 aliphatic carbocycles. The van der Waals surface area contributed by atoms with Crippen LogP contribution in [0.25, 0.3) is 11.1 Å². The number of halogens is 1. The van der Waals surface area contributed by atoms with Crippen molar-refractivity contribution in [1.29, 1.82) is 0 Å². The maximum Gasteiger partial charge on any atom is 0.253 e. The molecule has 0 N–H and O–H groups in total. The van der Waals surface area contributed by atoms with Crippen molar-refractivity contribution in [2.45, 2.75) is 38.7 Å². The van der Waals surface area contributed by atoms with E-state index in [0.717, 1.165) is 60.5 Å². The summed E-state index contributed by atoms with van der Waals surface area (Å²) in [6.07, 6.45) is 4.71. The Morgan fingerprint density at radius 1 is 1.23 bits per heavy atom. The summed E-state index contributed by atoms with van der Waals surface area (Å²) < 4.78 is 5.64. The molecule has 1 aliphatic heterocycles. The Hall–Kier alpha value is -1.84. The molecule has 1 atom stereocenters. The average Bonchev–Trinajstić information content (AvgIpc) is 3.15. The van der Waals surface area contributed by atoms with Crippen LogP contribution in [0.1, 0.15) is 41.6 Å². The predicted molar refractivity (Wildman–Crippen MR) is 107 cm³/mol. The molecule has 138 valence electrons. The minimum Gasteiger partial charge on any atom is -0.378 e. The van der Waals surface area contributed by atoms with E-state index in [0.29, 0.717) is 11.7 Å². The Morgan fingerprint density at radius 3 is 2.65 bits per heavy atom. The lowest BCUT2D eigenvalue weighted by atomic mass is 9.99. The quantitative estimate of drug-likeness (QED) is 0.685. The molecule has 0 unspecified atom stereocenters. The van der Waals surface area contributed by atoms with Gasteiger partial charge in [-0.05, 0) is 61.9 Å². The van der Waals surface area contributed by atoms with Crippen molar-refractivity contribution >= 4 is 17.5 Å². The number of hydrogen-bond donors (Lipinski definition) is 0. The van der Waals surface area contributed by atoms with Crippen LogP contribution in [0, 0.1) is 6.92 Å². The number of aryl methyl sites for hydroxylation is 1. The van der Waals surface area contributed by atoms with Gasteiger partial charge in [0, 0.05) is 36.3 Å². The molecule has 2 aromatic carbocycles. The molecule has 0 saturated carbocycles. The molecular formula is C22H26ClNO2. The van der Waals surface area contributed by atoms with E-state index in [1.165, 1.54) is 0 Å². The first-order chi connectivity index (χ1) is 12.6. The highest BCUT2D eigenvalue weighted by molar-refractivity contribution is 6.33. The van der Waals surface area contributed by atoms with Crippen LogP contribution in [0.3, 0.4) is 0 Å². The summed E-state index contributed by atoms with van der Waals surface area (Å²) in [7, 11) is 1.87. The molecule has 1 fully saturated rings. The van der Waals surface area contributed by atoms with Crippen LogP contribution in [0.5, 0.6) is 0 Å². The Balaban J connectivity index is 1.61. The molecule has 3 nitrogen and oxygen atoms in total. The van der Waals surface area contributed by atoms with Crippen molar-refractivity contribution in [3.05, 3.63) is 58.6 Å². The summed E-state index contributed by atoms with van der Waals surface area (Å²) in [6, 6.07) is 13.6. The first kappa shape index (κ1) is 18.9. The smallest absolute Gasteiger partial charge is 0.253 e. The summed E-state index contributed by atoms with van der Waals surface area (Å²) in [4.78, 5) is 14.4. The molecule has 26 heavy (non-hydrogen) atoms. The van der Waals surface area contributed by atoms with Gasteiger partial charge in [0.05, 0.1) is 6.10 Å². The summed E-state index contributed by atoms with van der Waals surface area (Å²) in [5.74, 6) is 0.0553. The van der Waals surface area contributed by atoms with Gasteiger partial charge in [0.1, 0.15) is 0 Å². The summed E-state index contributed by atoms with van der Waals surface area (Å²) in [6.45, 7) is 3.68. The second kappa shape index (κ2) is 8.70. The molecule has 3 rings (SSSR count). The fourth-order valence-corrected chi connectivity index (χ4v) is 3.86. The van der Waals surface area contributed by atoms with Gasteiger partial charge in [-0.25, -0.2) is 0 Å². The van der Waals surface area contributed by atoms with Crippen molar-refractivity contribution in [2.75, 3.05) is 20.2 Å². The highest BCUT2D eigenvalue weighted by Crippen LogP contribution is 2.31. The number of ether oxygens (including phenoxy) is 1. The lowest BCUT2D eigenvalue weighted by Gasteiger charge is -2.18. The molecular weight excluding hydrogens is 346 g/mol. The Labute approximate surface area is 160 Å². The van der Waals surface area contributed by atoms with Crippen molar-refractivity contribution in [3.8, 4) is 11.1 Å². The van der Waals surface area contributed by atoms with E-state index in [1.807, 2.05) is 56.4 Å². The van der Waals surface area contributed by atoms with E-state index in [9.17, 15) is 4.79 Å². The fraction of sp³-hybridized carbons (Fsp3) is 0.409. The minimum absolute atomic E-state index is 0.0553. The number of nitrogens with zero attached hydrogens (tertiary/aromatic N) is 1. The highest BCUT2D eigenvalue weighted by atomic mass is 35.5. The summed E-state index contributed by atoms with van der Waals surface area (Å²) in [5.41, 5.74) is 3.89. The molecule has 1 saturated heterocycles. The maximum absolute atomic E-state index is 12.6. The topological polar surface area (TPSA) is 29.5 Å². The van der Waals surface area contributed by atoms with Gasteiger partial charge >= 0.3 is 0 Å². The standard InChI is InChI=1S/C22H26ClNO2/c1-16-6-3-9-20(23)21(16)17-10-12-18(13-11-17)22(25)24(2)14-4-7-19-8-5-15-26-19/h3,6,9-13,19H,4-5,7-8,14-15H2,1-2H3/t19-/m1/s1. The zero-order chi connectivity index (χ0) is 18.5. The summed E-state index contributed by atoms with van der Waals surface area (Å²) >= 11 is 6.34. The molecule has 1 heterocycles. The molecule has 0 radical (unpaired) electrons. The Kier molecular flexibility index (Phi) is 6.33. The molecule has 0 aromatic heterocycles. The lowest BCUT2D eigenvalue weighted by molar-refractivity contribution is 0.0763. The molecule has 1 amide bonds. The molecule has 0 spiro atoms. The van der Waals surface area contributed by atoms with Gasteiger partial charge in [-0.15, -0.1) is 0 Å². The van der Waals surface area contributed by atoms with E-state index in [2.05, 4.69) is 0 Å². The van der Waals surface area contributed by atoms with Gasteiger partial charge in [-0.1, -0.05) is 35.9 Å². The van der Waals surface area contributed by atoms with E-state index in [4.69, 9.17) is 16.3 Å². The van der Waals surface area contributed by atoms with Crippen LogP contribution in [0.15, 0.2) is 42.5 Å². The van der Waals surface area contributed by atoms with E-state index >= 15 is 0 Å². The van der Waals surface area contributed by atoms with Gasteiger partial charge < -0.3 is 9.64 Å². The number of hydrogen-bond acceptors (Lipinski definition) is 2. The number of rotatable bonds is 6. The van der Waals surface area contributed by atoms with Crippen LogP contribution in [0.2, 0.25) is 5.02 Å². The van der Waals surface area contributed by atoms with Crippen molar-refractivity contribution in [1.82, 2.24) is 4.90 Å². The molecule has 2 aromatic rings. The van der Waals surface area contributed by atoms with Gasteiger partial charge in [-0.3, -0.25) is 4.79 Å². The first-order valence-electron chi connectivity index (χ1n) is 9.29. The summed E-state index contributed by atoms with van der Waals surface area (Å²) in [5, 5.41) is 0.732. The number of amides is 1. The Morgan fingerprint density at radius 2 is 2.00 bits per heavy atom. The third-order valence-electron chi connectivity index (χ3n) is 5.03. The predicted octanol–water partition coefficient (Wildman–Crippen LogP) is 5.35. The van der Waals surface area contributed by atoms with Gasteiger partial charge in [0.15, 0.2) is 0 Å². The van der Waals surface area contributed by atoms with Gasteiger partial charge in [0.2, 0.25) is 0 Å². The lowest BCUT2D eigenvalue weighted by Crippen LogP contribution is -2.28. The monoisotopic (exact) mass is 371 g/mol. The van der Waals surface area contributed by atoms with Crippen molar-refractivity contribution in [2.24, 2.45) is 0 Å². The SMILES string of the molecule is Cc1cccc(Cl)c1-c1ccc(C(=O)N(C)CCC[C@@H]2CCCO2)cc1. The van der Waals surface area contributed by atoms with Gasteiger partial charge in [0.25, 0.3) is 5.91 Å². The zero-order valence-electron chi connectivity index (χ0n) is 15.5. The second-order valence-electron chi connectivity index (χ2n) is 7.01. The van der Waals surface area contributed by atoms with Crippen LogP contribution < -0.4 is 0 Å². The normalized spacial score (nSPS) is 16.7. The highest BCUT2D eigenvalue weighted by Gasteiger charge is 2.17.